The maximum Gasteiger partial charge on any atom is 0.236 e. The average molecular weight is 991 g/mol. The lowest BCUT2D eigenvalue weighted by Crippen LogP contribution is -2.50. The van der Waals surface area contributed by atoms with Gasteiger partial charge in [-0.05, 0) is 67.0 Å². The summed E-state index contributed by atoms with van der Waals surface area (Å²) < 4.78 is 0. The number of nitrogens with two attached hydrogens (primary N) is 3. The molecule has 2 aromatic rings. The van der Waals surface area contributed by atoms with E-state index in [0.29, 0.717) is 17.5 Å². The summed E-state index contributed by atoms with van der Waals surface area (Å²) in [5, 5.41) is 29.6. The third-order valence-corrected chi connectivity index (χ3v) is 12.3. The van der Waals surface area contributed by atoms with Crippen LogP contribution in [-0.4, -0.2) is 124 Å². The van der Waals surface area contributed by atoms with E-state index in [0.717, 1.165) is 4.90 Å². The number of primary amides is 3. The summed E-state index contributed by atoms with van der Waals surface area (Å²) >= 11 is 0. The fourth-order valence-electron chi connectivity index (χ4n) is 8.09. The fourth-order valence-corrected chi connectivity index (χ4v) is 8.09. The fraction of sp³-hybridized carbons (Fsp3) is 0.510. The predicted molar refractivity (Wildman–Crippen MR) is 254 cm³/mol. The summed E-state index contributed by atoms with van der Waals surface area (Å²) in [7, 11) is 1.24. The van der Waals surface area contributed by atoms with Gasteiger partial charge in [0.05, 0.1) is 38.1 Å². The molecular formula is C49H66N8O14. The summed E-state index contributed by atoms with van der Waals surface area (Å²) in [6.07, 6.45) is -4.05. The predicted octanol–water partition coefficient (Wildman–Crippen LogP) is -0.689. The second kappa shape index (κ2) is 28.2. The standard InChI is InChI=1S/C49H66N8O14/c1-4-27(2)45-40(63)21-30(9-15-41(50)64)47(69)55-38(23-42(51)65)39(62)22-31(10-16-44(67)53-24-36(60)19-33(48(70)56-45)18-29-7-13-35(59)14-8-29)49(71)57(3)26-37(61)20-32(46(68)54-25-43(52)66)17-28-5-11-34(58)12-6-28/h5-8,11-14,27,30-33,38,45,58-59H,4,9-10,15-26H2,1-3H3,(H2,50,64)(H2,51,65)(H2,52,66)(H,53,67)(H,54,68)(H,55,69)(H,56,70)/t27-,30+,31+,32+,33+,38-,45-/m0/s1. The Balaban J connectivity index is 2.01. The van der Waals surface area contributed by atoms with E-state index < -0.39 is 170 Å². The number of rotatable bonds is 19. The number of nitrogens with one attached hydrogen (secondary N) is 4. The molecule has 1 heterocycles. The monoisotopic (exact) mass is 990 g/mol. The summed E-state index contributed by atoms with van der Waals surface area (Å²) in [4.78, 5) is 161. The SMILES string of the molecule is CC[C@H](C)[C@@H]1NC(=O)[C@H](Cc2ccc(O)cc2)CC(=O)CNC(=O)CC[C@@H](C(=O)N(C)CC(=O)C[C@@H](Cc2ccc(O)cc2)C(=O)NCC(N)=O)CC(=O)[C@H](CC(N)=O)NC(=O)[C@H](CCC(N)=O)CC1=O. The van der Waals surface area contributed by atoms with Crippen LogP contribution in [0.5, 0.6) is 11.5 Å². The van der Waals surface area contributed by atoms with Crippen molar-refractivity contribution >= 4 is 70.4 Å². The Labute approximate surface area is 410 Å². The van der Waals surface area contributed by atoms with Crippen LogP contribution in [0.15, 0.2) is 48.5 Å². The molecule has 71 heavy (non-hydrogen) atoms. The average Bonchev–Trinajstić information content (AvgIpc) is 3.31. The first-order valence-electron chi connectivity index (χ1n) is 23.4. The molecule has 22 heteroatoms. The number of hydrogen-bond donors (Lipinski definition) is 9. The molecule has 3 rings (SSSR count). The van der Waals surface area contributed by atoms with Crippen molar-refractivity contribution in [3.05, 3.63) is 59.7 Å². The molecule has 0 aromatic heterocycles. The van der Waals surface area contributed by atoms with Crippen molar-refractivity contribution in [2.75, 3.05) is 26.7 Å². The summed E-state index contributed by atoms with van der Waals surface area (Å²) in [6.45, 7) is 1.78. The minimum absolute atomic E-state index is 0.0156. The Bertz CT molecular complexity index is 2290. The van der Waals surface area contributed by atoms with Crippen molar-refractivity contribution in [2.24, 2.45) is 46.8 Å². The second-order valence-corrected chi connectivity index (χ2v) is 18.2. The zero-order valence-electron chi connectivity index (χ0n) is 40.2. The summed E-state index contributed by atoms with van der Waals surface area (Å²) in [6, 6.07) is 8.82. The van der Waals surface area contributed by atoms with Crippen molar-refractivity contribution in [1.29, 1.82) is 0 Å². The number of carbonyl (C=O) groups excluding carboxylic acids is 12. The highest BCUT2D eigenvalue weighted by Gasteiger charge is 2.36. The van der Waals surface area contributed by atoms with Gasteiger partial charge in [0, 0.05) is 69.2 Å². The third kappa shape index (κ3) is 20.2. The maximum absolute atomic E-state index is 14.2. The van der Waals surface area contributed by atoms with E-state index in [9.17, 15) is 67.7 Å². The Kier molecular flexibility index (Phi) is 23.0. The van der Waals surface area contributed by atoms with E-state index in [1.807, 2.05) is 0 Å². The van der Waals surface area contributed by atoms with Crippen molar-refractivity contribution < 1.29 is 67.7 Å². The first-order chi connectivity index (χ1) is 33.4. The molecule has 0 saturated carbocycles. The maximum atomic E-state index is 14.2. The van der Waals surface area contributed by atoms with Gasteiger partial charge in [0.1, 0.15) is 11.5 Å². The molecular weight excluding hydrogens is 925 g/mol. The lowest BCUT2D eigenvalue weighted by Gasteiger charge is -2.28. The molecule has 0 bridgehead atoms. The Morgan fingerprint density at radius 2 is 1.38 bits per heavy atom. The topological polar surface area (TPSA) is 375 Å². The molecule has 12 N–H and O–H groups in total. The molecule has 386 valence electrons. The molecule has 0 spiro atoms. The van der Waals surface area contributed by atoms with Crippen LogP contribution in [0.4, 0.5) is 0 Å². The Hall–Kier alpha value is -7.52. The molecule has 22 nitrogen and oxygen atoms in total. The first-order valence-corrected chi connectivity index (χ1v) is 23.4. The lowest BCUT2D eigenvalue weighted by molar-refractivity contribution is -0.141. The van der Waals surface area contributed by atoms with Gasteiger partial charge in [-0.1, -0.05) is 44.5 Å². The van der Waals surface area contributed by atoms with Gasteiger partial charge < -0.3 is 53.6 Å². The molecule has 0 radical (unpaired) electrons. The number of carbonyl (C=O) groups is 12. The van der Waals surface area contributed by atoms with Crippen LogP contribution >= 0.6 is 0 Å². The number of likely N-dealkylation sites (N-methyl/N-ethyl adjacent to an activating group) is 1. The van der Waals surface area contributed by atoms with Crippen LogP contribution in [0.3, 0.4) is 0 Å². The van der Waals surface area contributed by atoms with Gasteiger partial charge in [-0.3, -0.25) is 57.5 Å². The summed E-state index contributed by atoms with van der Waals surface area (Å²) in [5.74, 6) is -14.8. The quantitative estimate of drug-likeness (QED) is 0.0842. The molecule has 8 amide bonds. The van der Waals surface area contributed by atoms with E-state index in [-0.39, 0.29) is 43.6 Å². The molecule has 0 aliphatic carbocycles. The van der Waals surface area contributed by atoms with E-state index in [2.05, 4.69) is 21.3 Å². The second-order valence-electron chi connectivity index (χ2n) is 18.2. The Morgan fingerprint density at radius 1 is 0.775 bits per heavy atom. The first kappa shape index (κ1) is 57.8. The highest BCUT2D eigenvalue weighted by Crippen LogP contribution is 2.24. The molecule has 1 fully saturated rings. The van der Waals surface area contributed by atoms with Crippen LogP contribution in [0.25, 0.3) is 0 Å². The number of amides is 8. The van der Waals surface area contributed by atoms with Gasteiger partial charge in [-0.2, -0.15) is 0 Å². The number of nitrogens with zero attached hydrogens (tertiary/aromatic N) is 1. The van der Waals surface area contributed by atoms with Gasteiger partial charge in [-0.25, -0.2) is 0 Å². The number of aromatic hydroxyl groups is 2. The number of phenols is 2. The smallest absolute Gasteiger partial charge is 0.236 e. The van der Waals surface area contributed by atoms with Crippen molar-refractivity contribution in [1.82, 2.24) is 26.2 Å². The molecule has 1 saturated heterocycles. The van der Waals surface area contributed by atoms with Crippen LogP contribution in [0.2, 0.25) is 0 Å². The molecule has 1 aliphatic heterocycles. The van der Waals surface area contributed by atoms with Crippen LogP contribution in [0, 0.1) is 29.6 Å². The number of benzene rings is 2. The number of hydrogen-bond acceptors (Lipinski definition) is 14. The van der Waals surface area contributed by atoms with Crippen molar-refractivity contribution in [3.8, 4) is 11.5 Å². The number of Topliss-reactive ketones (excluding diaryl/α,β-unsaturated/α-hetero) is 4. The van der Waals surface area contributed by atoms with Crippen LogP contribution in [-0.2, 0) is 70.4 Å². The highest BCUT2D eigenvalue weighted by molar-refractivity contribution is 5.99. The molecule has 1 aliphatic rings. The van der Waals surface area contributed by atoms with Gasteiger partial charge in [0.2, 0.25) is 47.3 Å². The lowest BCUT2D eigenvalue weighted by atomic mass is 9.86. The zero-order chi connectivity index (χ0) is 52.9. The van der Waals surface area contributed by atoms with E-state index in [1.165, 1.54) is 43.4 Å². The van der Waals surface area contributed by atoms with E-state index >= 15 is 0 Å². The largest absolute Gasteiger partial charge is 0.508 e. The van der Waals surface area contributed by atoms with Gasteiger partial charge >= 0.3 is 0 Å². The molecule has 2 aromatic carbocycles. The molecule has 7 atom stereocenters. The minimum Gasteiger partial charge on any atom is -0.508 e. The highest BCUT2D eigenvalue weighted by atomic mass is 16.3. The van der Waals surface area contributed by atoms with Gasteiger partial charge in [0.15, 0.2) is 23.1 Å². The minimum atomic E-state index is -1.68. The van der Waals surface area contributed by atoms with Gasteiger partial charge in [-0.15, -0.1) is 0 Å². The van der Waals surface area contributed by atoms with Gasteiger partial charge in [0.25, 0.3) is 0 Å². The zero-order valence-corrected chi connectivity index (χ0v) is 40.2. The van der Waals surface area contributed by atoms with E-state index in [1.54, 1.807) is 26.0 Å². The van der Waals surface area contributed by atoms with E-state index in [4.69, 9.17) is 17.2 Å². The van der Waals surface area contributed by atoms with Crippen molar-refractivity contribution in [2.45, 2.75) is 103 Å². The van der Waals surface area contributed by atoms with Crippen LogP contribution in [0.1, 0.15) is 89.2 Å². The van der Waals surface area contributed by atoms with Crippen molar-refractivity contribution in [3.63, 3.8) is 0 Å². The number of ketones is 4. The van der Waals surface area contributed by atoms with Crippen LogP contribution < -0.4 is 38.5 Å². The normalized spacial score (nSPS) is 20.8. The Morgan fingerprint density at radius 3 is 1.96 bits per heavy atom. The summed E-state index contributed by atoms with van der Waals surface area (Å²) in [5.41, 5.74) is 17.2. The third-order valence-electron chi connectivity index (χ3n) is 12.3. The number of phenolic OH excluding ortho intramolecular Hbond substituents is 2. The molecule has 0 unspecified atom stereocenters.